The van der Waals surface area contributed by atoms with Gasteiger partial charge in [-0.15, -0.1) is 0 Å². The molecular weight excluding hydrogens is 466 g/mol. The lowest BCUT2D eigenvalue weighted by Gasteiger charge is -2.50. The van der Waals surface area contributed by atoms with Gasteiger partial charge in [0.25, 0.3) is 0 Å². The number of hydrogen-bond donors (Lipinski definition) is 1. The molecule has 162 valence electrons. The maximum atomic E-state index is 12.5. The number of sulfone groups is 5. The van der Waals surface area contributed by atoms with E-state index in [1.165, 1.54) is 0 Å². The van der Waals surface area contributed by atoms with Crippen LogP contribution in [0.25, 0.3) is 0 Å². The van der Waals surface area contributed by atoms with Crippen molar-refractivity contribution in [2.75, 3.05) is 31.3 Å². The van der Waals surface area contributed by atoms with Crippen LogP contribution < -0.4 is 5.73 Å². The number of rotatable bonds is 5. The van der Waals surface area contributed by atoms with Crippen molar-refractivity contribution in [1.29, 1.82) is 0 Å². The highest BCUT2D eigenvalue weighted by Crippen LogP contribution is 2.53. The zero-order valence-electron chi connectivity index (χ0n) is 15.3. The third-order valence-electron chi connectivity index (χ3n) is 5.12. The van der Waals surface area contributed by atoms with Gasteiger partial charge in [0.15, 0.2) is 57.3 Å². The highest BCUT2D eigenvalue weighted by Gasteiger charge is 2.71. The molecule has 11 nitrogen and oxygen atoms in total. The standard InChI is InChI=1S/C11H23NO10S5/c1-23(13,14)9(12)6-10(24(2,15)16,25(3,17)18)8-11(7-9,26(4,19)20)27(5,21)22/h6-8,12H2,1-5H3. The van der Waals surface area contributed by atoms with Crippen molar-refractivity contribution in [3.05, 3.63) is 0 Å². The Morgan fingerprint density at radius 1 is 0.481 bits per heavy atom. The van der Waals surface area contributed by atoms with Crippen LogP contribution in [0.1, 0.15) is 19.3 Å². The average molecular weight is 490 g/mol. The predicted molar refractivity (Wildman–Crippen MR) is 100 cm³/mol. The molecule has 1 rings (SSSR count). The molecule has 0 amide bonds. The minimum atomic E-state index is -4.73. The molecule has 0 bridgehead atoms. The second-order valence-electron chi connectivity index (χ2n) is 7.28. The summed E-state index contributed by atoms with van der Waals surface area (Å²) >= 11 is 0. The van der Waals surface area contributed by atoms with E-state index in [1.807, 2.05) is 0 Å². The first-order valence-electron chi connectivity index (χ1n) is 7.14. The SMILES string of the molecule is CS(=O)(=O)C1(N)CC(S(C)(=O)=O)(S(C)(=O)=O)CC(S(C)(=O)=O)(S(C)(=O)=O)C1. The lowest BCUT2D eigenvalue weighted by atomic mass is 9.93. The van der Waals surface area contributed by atoms with Gasteiger partial charge in [0.05, 0.1) is 0 Å². The second-order valence-corrected chi connectivity index (χ2v) is 19.5. The summed E-state index contributed by atoms with van der Waals surface area (Å²) < 4.78 is 118. The molecule has 0 aromatic carbocycles. The molecule has 0 aliphatic heterocycles. The van der Waals surface area contributed by atoms with Gasteiger partial charge < -0.3 is 5.73 Å². The first-order chi connectivity index (χ1) is 11.4. The molecule has 0 atom stereocenters. The van der Waals surface area contributed by atoms with Crippen LogP contribution >= 0.6 is 0 Å². The third-order valence-corrected chi connectivity index (χ3v) is 17.1. The summed E-state index contributed by atoms with van der Waals surface area (Å²) in [5.41, 5.74) is 5.83. The van der Waals surface area contributed by atoms with Crippen LogP contribution in [0.15, 0.2) is 0 Å². The summed E-state index contributed by atoms with van der Waals surface area (Å²) in [6, 6.07) is 0. The molecule has 27 heavy (non-hydrogen) atoms. The van der Waals surface area contributed by atoms with E-state index < -0.39 is 81.5 Å². The lowest BCUT2D eigenvalue weighted by Crippen LogP contribution is -2.70. The first-order valence-corrected chi connectivity index (χ1v) is 16.6. The van der Waals surface area contributed by atoms with Crippen LogP contribution in [0, 0.1) is 0 Å². The lowest BCUT2D eigenvalue weighted by molar-refractivity contribution is 0.329. The largest absolute Gasteiger partial charge is 0.312 e. The molecule has 1 aliphatic rings. The zero-order valence-corrected chi connectivity index (χ0v) is 19.4. The van der Waals surface area contributed by atoms with E-state index in [9.17, 15) is 42.1 Å². The van der Waals surface area contributed by atoms with Crippen molar-refractivity contribution in [3.63, 3.8) is 0 Å². The summed E-state index contributed by atoms with van der Waals surface area (Å²) in [6.45, 7) is 0. The van der Waals surface area contributed by atoms with Gasteiger partial charge in [-0.05, 0) is 0 Å². The quantitative estimate of drug-likeness (QED) is 0.426. The fourth-order valence-corrected chi connectivity index (χ4v) is 13.6. The Balaban J connectivity index is 4.34. The van der Waals surface area contributed by atoms with Crippen LogP contribution in [-0.4, -0.2) is 86.4 Å². The Morgan fingerprint density at radius 3 is 0.852 bits per heavy atom. The van der Waals surface area contributed by atoms with Crippen LogP contribution in [0.2, 0.25) is 0 Å². The minimum absolute atomic E-state index is 0.470. The van der Waals surface area contributed by atoms with Gasteiger partial charge in [-0.25, -0.2) is 42.1 Å². The predicted octanol–water partition coefficient (Wildman–Crippen LogP) is -2.56. The van der Waals surface area contributed by atoms with Crippen molar-refractivity contribution in [3.8, 4) is 0 Å². The molecule has 0 heterocycles. The Hall–Kier alpha value is -0.290. The fourth-order valence-electron chi connectivity index (χ4n) is 3.37. The van der Waals surface area contributed by atoms with Gasteiger partial charge in [-0.3, -0.25) is 0 Å². The van der Waals surface area contributed by atoms with Crippen molar-refractivity contribution in [2.45, 2.75) is 32.3 Å². The second kappa shape index (κ2) is 6.10. The maximum Gasteiger partial charge on any atom is 0.177 e. The van der Waals surface area contributed by atoms with E-state index in [-0.39, 0.29) is 0 Å². The van der Waals surface area contributed by atoms with E-state index >= 15 is 0 Å². The van der Waals surface area contributed by atoms with Gasteiger partial charge in [-0.2, -0.15) is 0 Å². The van der Waals surface area contributed by atoms with Crippen LogP contribution in [0.4, 0.5) is 0 Å². The normalized spacial score (nSPS) is 23.6. The van der Waals surface area contributed by atoms with Gasteiger partial charge >= 0.3 is 0 Å². The average Bonchev–Trinajstić information content (AvgIpc) is 2.31. The molecular formula is C11H23NO10S5. The van der Waals surface area contributed by atoms with E-state index in [1.54, 1.807) is 0 Å². The van der Waals surface area contributed by atoms with Crippen LogP contribution in [0.5, 0.6) is 0 Å². The summed E-state index contributed by atoms with van der Waals surface area (Å²) in [6.07, 6.45) is -1.32. The Bertz CT molecular complexity index is 1030. The molecule has 0 aromatic rings. The van der Waals surface area contributed by atoms with E-state index in [2.05, 4.69) is 0 Å². The van der Waals surface area contributed by atoms with E-state index in [0.29, 0.717) is 31.3 Å². The molecule has 0 spiro atoms. The molecule has 16 heteroatoms. The summed E-state index contributed by atoms with van der Waals surface area (Å²) in [4.78, 5) is -2.73. The van der Waals surface area contributed by atoms with Gasteiger partial charge in [0, 0.05) is 50.5 Å². The van der Waals surface area contributed by atoms with E-state index in [0.717, 1.165) is 0 Å². The third kappa shape index (κ3) is 3.68. The molecule has 1 saturated carbocycles. The maximum absolute atomic E-state index is 12.5. The highest BCUT2D eigenvalue weighted by molar-refractivity contribution is 8.11. The summed E-state index contributed by atoms with van der Waals surface area (Å²) in [5, 5.41) is 0. The minimum Gasteiger partial charge on any atom is -0.312 e. The first kappa shape index (κ1) is 24.7. The Morgan fingerprint density at radius 2 is 0.704 bits per heavy atom. The molecule has 0 aromatic heterocycles. The molecule has 1 fully saturated rings. The number of nitrogens with two attached hydrogens (primary N) is 1. The highest BCUT2D eigenvalue weighted by atomic mass is 32.3. The molecule has 2 N–H and O–H groups in total. The molecule has 1 aliphatic carbocycles. The monoisotopic (exact) mass is 489 g/mol. The van der Waals surface area contributed by atoms with Crippen molar-refractivity contribution >= 4 is 49.2 Å². The molecule has 0 saturated heterocycles. The van der Waals surface area contributed by atoms with Gasteiger partial charge in [0.2, 0.25) is 0 Å². The van der Waals surface area contributed by atoms with Crippen LogP contribution in [0.3, 0.4) is 0 Å². The van der Waals surface area contributed by atoms with E-state index in [4.69, 9.17) is 5.73 Å². The van der Waals surface area contributed by atoms with Crippen molar-refractivity contribution < 1.29 is 42.1 Å². The fraction of sp³-hybridized carbons (Fsp3) is 1.00. The van der Waals surface area contributed by atoms with Crippen molar-refractivity contribution in [2.24, 2.45) is 5.73 Å². The zero-order chi connectivity index (χ0) is 22.1. The Kier molecular flexibility index (Phi) is 5.60. The van der Waals surface area contributed by atoms with Crippen molar-refractivity contribution in [1.82, 2.24) is 0 Å². The molecule has 0 radical (unpaired) electrons. The van der Waals surface area contributed by atoms with Crippen LogP contribution in [-0.2, 0) is 49.2 Å². The summed E-state index contributed by atoms with van der Waals surface area (Å²) in [7, 11) is -23.4. The van der Waals surface area contributed by atoms with Gasteiger partial charge in [0.1, 0.15) is 4.87 Å². The topological polar surface area (TPSA) is 197 Å². The summed E-state index contributed by atoms with van der Waals surface area (Å²) in [5.74, 6) is 0. The molecule has 0 unspecified atom stereocenters. The van der Waals surface area contributed by atoms with Gasteiger partial charge in [-0.1, -0.05) is 0 Å². The Labute approximate surface area is 160 Å². The smallest absolute Gasteiger partial charge is 0.177 e. The number of hydrogen-bond acceptors (Lipinski definition) is 11.